The molecule has 3 aromatic rings. The summed E-state index contributed by atoms with van der Waals surface area (Å²) in [5.74, 6) is 0. The van der Waals surface area contributed by atoms with Crippen LogP contribution in [-0.4, -0.2) is 37.0 Å². The van der Waals surface area contributed by atoms with E-state index >= 15 is 0 Å². The predicted octanol–water partition coefficient (Wildman–Crippen LogP) is 4.08. The molecule has 4 N–H and O–H groups in total. The van der Waals surface area contributed by atoms with Crippen molar-refractivity contribution in [2.45, 2.75) is 13.1 Å². The summed E-state index contributed by atoms with van der Waals surface area (Å²) in [6, 6.07) is 25.2. The number of nitrogen functional groups attached to an aromatic ring is 2. The topological polar surface area (TPSA) is 58.5 Å². The second kappa shape index (κ2) is 9.40. The molecule has 3 rings (SSSR count). The lowest BCUT2D eigenvalue weighted by Crippen LogP contribution is -2.31. The summed E-state index contributed by atoms with van der Waals surface area (Å²) in [5, 5.41) is 0. The first kappa shape index (κ1) is 19.9. The summed E-state index contributed by atoms with van der Waals surface area (Å²) >= 11 is 0. The molecule has 0 aliphatic heterocycles. The molecular weight excluding hydrogens is 344 g/mol. The Kier molecular flexibility index (Phi) is 6.69. The SMILES string of the molecule is CN(C)CCN(Cc1ccccc1)Cc1cccc(-c2ccc(N)c(N)c2)c1. The van der Waals surface area contributed by atoms with Crippen molar-refractivity contribution in [1.29, 1.82) is 0 Å². The zero-order chi connectivity index (χ0) is 19.9. The molecule has 0 unspecified atom stereocenters. The summed E-state index contributed by atoms with van der Waals surface area (Å²) in [6.45, 7) is 3.89. The Morgan fingerprint density at radius 3 is 2.04 bits per heavy atom. The molecule has 0 heterocycles. The van der Waals surface area contributed by atoms with Gasteiger partial charge in [-0.1, -0.05) is 54.6 Å². The minimum absolute atomic E-state index is 0.623. The Hall–Kier alpha value is -2.82. The lowest BCUT2D eigenvalue weighted by Gasteiger charge is -2.24. The highest BCUT2D eigenvalue weighted by Crippen LogP contribution is 2.26. The number of anilines is 2. The number of nitrogens with two attached hydrogens (primary N) is 2. The summed E-state index contributed by atoms with van der Waals surface area (Å²) < 4.78 is 0. The van der Waals surface area contributed by atoms with E-state index < -0.39 is 0 Å². The maximum absolute atomic E-state index is 5.99. The molecule has 4 heteroatoms. The third kappa shape index (κ3) is 5.59. The smallest absolute Gasteiger partial charge is 0.0554 e. The van der Waals surface area contributed by atoms with E-state index in [1.807, 2.05) is 18.2 Å². The first-order chi connectivity index (χ1) is 13.5. The van der Waals surface area contributed by atoms with E-state index in [0.717, 1.165) is 37.3 Å². The van der Waals surface area contributed by atoms with Gasteiger partial charge in [0, 0.05) is 26.2 Å². The maximum Gasteiger partial charge on any atom is 0.0554 e. The van der Waals surface area contributed by atoms with E-state index in [1.54, 1.807) is 0 Å². The summed E-state index contributed by atoms with van der Waals surface area (Å²) in [6.07, 6.45) is 0. The highest BCUT2D eigenvalue weighted by molar-refractivity contribution is 5.74. The maximum atomic E-state index is 5.99. The van der Waals surface area contributed by atoms with Gasteiger partial charge in [-0.25, -0.2) is 0 Å². The van der Waals surface area contributed by atoms with E-state index in [0.29, 0.717) is 11.4 Å². The highest BCUT2D eigenvalue weighted by atomic mass is 15.2. The fourth-order valence-electron chi connectivity index (χ4n) is 3.26. The van der Waals surface area contributed by atoms with Gasteiger partial charge >= 0.3 is 0 Å². The molecule has 0 radical (unpaired) electrons. The minimum atomic E-state index is 0.623. The molecule has 0 bridgehead atoms. The lowest BCUT2D eigenvalue weighted by atomic mass is 10.0. The Labute approximate surface area is 168 Å². The van der Waals surface area contributed by atoms with Crippen LogP contribution in [0, 0.1) is 0 Å². The second-order valence-corrected chi connectivity index (χ2v) is 7.54. The average molecular weight is 375 g/mol. The molecule has 0 aromatic heterocycles. The molecule has 0 atom stereocenters. The van der Waals surface area contributed by atoms with E-state index in [1.165, 1.54) is 11.1 Å². The van der Waals surface area contributed by atoms with Crippen LogP contribution in [0.25, 0.3) is 11.1 Å². The van der Waals surface area contributed by atoms with Crippen LogP contribution in [0.1, 0.15) is 11.1 Å². The molecular formula is C24H30N4. The first-order valence-electron chi connectivity index (χ1n) is 9.66. The number of nitrogens with zero attached hydrogens (tertiary/aromatic N) is 2. The molecule has 3 aromatic carbocycles. The largest absolute Gasteiger partial charge is 0.397 e. The molecule has 0 spiro atoms. The van der Waals surface area contributed by atoms with Crippen LogP contribution in [0.5, 0.6) is 0 Å². The second-order valence-electron chi connectivity index (χ2n) is 7.54. The van der Waals surface area contributed by atoms with Gasteiger partial charge in [-0.3, -0.25) is 4.90 Å². The van der Waals surface area contributed by atoms with E-state index in [2.05, 4.69) is 78.5 Å². The standard InChI is InChI=1S/C24H30N4/c1-27(2)13-14-28(17-19-7-4-3-5-8-19)18-20-9-6-10-21(15-20)22-11-12-23(25)24(26)16-22/h3-12,15-16H,13-14,17-18,25-26H2,1-2H3. The van der Waals surface area contributed by atoms with Crippen LogP contribution in [0.3, 0.4) is 0 Å². The third-order valence-corrected chi connectivity index (χ3v) is 4.87. The zero-order valence-electron chi connectivity index (χ0n) is 16.8. The van der Waals surface area contributed by atoms with Gasteiger partial charge in [0.15, 0.2) is 0 Å². The van der Waals surface area contributed by atoms with E-state index in [-0.39, 0.29) is 0 Å². The van der Waals surface area contributed by atoms with Crippen molar-refractivity contribution in [2.24, 2.45) is 0 Å². The van der Waals surface area contributed by atoms with Crippen LogP contribution in [-0.2, 0) is 13.1 Å². The molecule has 0 amide bonds. The van der Waals surface area contributed by atoms with Gasteiger partial charge in [0.2, 0.25) is 0 Å². The normalized spacial score (nSPS) is 11.3. The number of hydrogen-bond donors (Lipinski definition) is 2. The van der Waals surface area contributed by atoms with Crippen LogP contribution in [0.4, 0.5) is 11.4 Å². The Morgan fingerprint density at radius 1 is 0.643 bits per heavy atom. The molecule has 0 saturated heterocycles. The van der Waals surface area contributed by atoms with Crippen molar-refractivity contribution in [3.05, 3.63) is 83.9 Å². The molecule has 0 fully saturated rings. The fraction of sp³-hybridized carbons (Fsp3) is 0.250. The van der Waals surface area contributed by atoms with Gasteiger partial charge in [-0.05, 0) is 54.5 Å². The van der Waals surface area contributed by atoms with Crippen molar-refractivity contribution in [3.63, 3.8) is 0 Å². The van der Waals surface area contributed by atoms with Crippen molar-refractivity contribution < 1.29 is 0 Å². The summed E-state index contributed by atoms with van der Waals surface area (Å²) in [7, 11) is 4.24. The number of hydrogen-bond acceptors (Lipinski definition) is 4. The summed E-state index contributed by atoms with van der Waals surface area (Å²) in [4.78, 5) is 4.72. The fourth-order valence-corrected chi connectivity index (χ4v) is 3.26. The minimum Gasteiger partial charge on any atom is -0.397 e. The molecule has 146 valence electrons. The highest BCUT2D eigenvalue weighted by Gasteiger charge is 2.09. The Morgan fingerprint density at radius 2 is 1.32 bits per heavy atom. The monoisotopic (exact) mass is 374 g/mol. The number of benzene rings is 3. The molecule has 0 aliphatic carbocycles. The van der Waals surface area contributed by atoms with Gasteiger partial charge in [0.05, 0.1) is 11.4 Å². The Bertz CT molecular complexity index is 890. The zero-order valence-corrected chi connectivity index (χ0v) is 16.8. The van der Waals surface area contributed by atoms with Crippen LogP contribution in [0.2, 0.25) is 0 Å². The third-order valence-electron chi connectivity index (χ3n) is 4.87. The molecule has 28 heavy (non-hydrogen) atoms. The molecule has 0 aliphatic rings. The first-order valence-corrected chi connectivity index (χ1v) is 9.66. The average Bonchev–Trinajstić information content (AvgIpc) is 2.69. The van der Waals surface area contributed by atoms with Crippen molar-refractivity contribution in [1.82, 2.24) is 9.80 Å². The lowest BCUT2D eigenvalue weighted by molar-refractivity contribution is 0.226. The van der Waals surface area contributed by atoms with Gasteiger partial charge in [0.1, 0.15) is 0 Å². The van der Waals surface area contributed by atoms with E-state index in [4.69, 9.17) is 11.5 Å². The van der Waals surface area contributed by atoms with Gasteiger partial charge in [0.25, 0.3) is 0 Å². The molecule has 0 saturated carbocycles. The van der Waals surface area contributed by atoms with E-state index in [9.17, 15) is 0 Å². The van der Waals surface area contributed by atoms with Gasteiger partial charge in [-0.2, -0.15) is 0 Å². The quantitative estimate of drug-likeness (QED) is 0.583. The van der Waals surface area contributed by atoms with Crippen molar-refractivity contribution in [3.8, 4) is 11.1 Å². The van der Waals surface area contributed by atoms with Crippen molar-refractivity contribution in [2.75, 3.05) is 38.7 Å². The summed E-state index contributed by atoms with van der Waals surface area (Å²) in [5.41, 5.74) is 18.0. The Balaban J connectivity index is 1.78. The van der Waals surface area contributed by atoms with Crippen LogP contribution >= 0.6 is 0 Å². The van der Waals surface area contributed by atoms with Crippen LogP contribution < -0.4 is 11.5 Å². The van der Waals surface area contributed by atoms with Gasteiger partial charge < -0.3 is 16.4 Å². The van der Waals surface area contributed by atoms with Gasteiger partial charge in [-0.15, -0.1) is 0 Å². The van der Waals surface area contributed by atoms with Crippen LogP contribution in [0.15, 0.2) is 72.8 Å². The number of rotatable bonds is 8. The number of likely N-dealkylation sites (N-methyl/N-ethyl adjacent to an activating group) is 1. The predicted molar refractivity (Wildman–Crippen MR) is 120 cm³/mol. The van der Waals surface area contributed by atoms with Crippen molar-refractivity contribution >= 4 is 11.4 Å². The molecule has 4 nitrogen and oxygen atoms in total.